The molecule has 0 bridgehead atoms. The fourth-order valence-electron chi connectivity index (χ4n) is 3.20. The van der Waals surface area contributed by atoms with E-state index in [1.807, 2.05) is 12.1 Å². The number of carboxylic acids is 1. The van der Waals surface area contributed by atoms with E-state index in [1.165, 1.54) is 0 Å². The van der Waals surface area contributed by atoms with Gasteiger partial charge < -0.3 is 19.2 Å². The number of hydrogen-bond acceptors (Lipinski definition) is 4. The lowest BCUT2D eigenvalue weighted by Crippen LogP contribution is -2.39. The van der Waals surface area contributed by atoms with Gasteiger partial charge in [-0.25, -0.2) is 4.79 Å². The van der Waals surface area contributed by atoms with Crippen LogP contribution in [-0.2, 0) is 11.3 Å². The van der Waals surface area contributed by atoms with Crippen molar-refractivity contribution in [1.29, 1.82) is 0 Å². The number of ether oxygens (including phenoxy) is 1. The lowest BCUT2D eigenvalue weighted by Gasteiger charge is -2.32. The summed E-state index contributed by atoms with van der Waals surface area (Å²) in [5, 5.41) is 8.99. The number of methoxy groups -OCH3 is 1. The first kappa shape index (κ1) is 17.2. The third-order valence-electron chi connectivity index (χ3n) is 4.50. The SMILES string of the molecule is COCc1ccc(C(=O)N2CCC[C@H](c3ccc(C(=O)O)cc3)C2)o1. The number of likely N-dealkylation sites (tertiary alicyclic amines) is 1. The Morgan fingerprint density at radius 2 is 2.00 bits per heavy atom. The van der Waals surface area contributed by atoms with Crippen molar-refractivity contribution in [3.05, 3.63) is 59.0 Å². The van der Waals surface area contributed by atoms with Crippen molar-refractivity contribution in [1.82, 2.24) is 4.90 Å². The second-order valence-electron chi connectivity index (χ2n) is 6.22. The highest BCUT2D eigenvalue weighted by Gasteiger charge is 2.27. The maximum absolute atomic E-state index is 12.7. The van der Waals surface area contributed by atoms with Gasteiger partial charge in [0, 0.05) is 26.1 Å². The van der Waals surface area contributed by atoms with Crippen molar-refractivity contribution in [2.24, 2.45) is 0 Å². The minimum absolute atomic E-state index is 0.116. The summed E-state index contributed by atoms with van der Waals surface area (Å²) in [5.41, 5.74) is 1.33. The van der Waals surface area contributed by atoms with Crippen molar-refractivity contribution in [2.75, 3.05) is 20.2 Å². The van der Waals surface area contributed by atoms with Gasteiger partial charge >= 0.3 is 5.97 Å². The zero-order valence-corrected chi connectivity index (χ0v) is 14.1. The molecular formula is C19H21NO5. The van der Waals surface area contributed by atoms with Crippen LogP contribution in [0.15, 0.2) is 40.8 Å². The quantitative estimate of drug-likeness (QED) is 0.902. The monoisotopic (exact) mass is 343 g/mol. The van der Waals surface area contributed by atoms with Crippen molar-refractivity contribution in [3.63, 3.8) is 0 Å². The number of hydrogen-bond donors (Lipinski definition) is 1. The summed E-state index contributed by atoms with van der Waals surface area (Å²) in [6.45, 7) is 1.64. The van der Waals surface area contributed by atoms with Gasteiger partial charge in [-0.3, -0.25) is 4.79 Å². The Hall–Kier alpha value is -2.60. The van der Waals surface area contributed by atoms with E-state index in [0.717, 1.165) is 18.4 Å². The molecule has 1 saturated heterocycles. The van der Waals surface area contributed by atoms with Crippen LogP contribution in [0, 0.1) is 0 Å². The standard InChI is InChI=1S/C19H21NO5/c1-24-12-16-8-9-17(25-16)18(21)20-10-2-3-15(11-20)13-4-6-14(7-5-13)19(22)23/h4-9,15H,2-3,10-12H2,1H3,(H,22,23)/t15-/m0/s1. The van der Waals surface area contributed by atoms with Crippen LogP contribution in [0.2, 0.25) is 0 Å². The summed E-state index contributed by atoms with van der Waals surface area (Å²) in [6, 6.07) is 10.3. The number of carbonyl (C=O) groups is 2. The summed E-state index contributed by atoms with van der Waals surface area (Å²) in [5.74, 6) is 0.109. The average Bonchev–Trinajstić information content (AvgIpc) is 3.10. The molecule has 0 spiro atoms. The maximum Gasteiger partial charge on any atom is 0.335 e. The Bertz CT molecular complexity index is 749. The van der Waals surface area contributed by atoms with Gasteiger partial charge in [-0.2, -0.15) is 0 Å². The third-order valence-corrected chi connectivity index (χ3v) is 4.50. The molecule has 6 heteroatoms. The second kappa shape index (κ2) is 7.53. The van der Waals surface area contributed by atoms with Gasteiger partial charge in [0.15, 0.2) is 5.76 Å². The molecule has 25 heavy (non-hydrogen) atoms. The summed E-state index contributed by atoms with van der Waals surface area (Å²) in [7, 11) is 1.58. The predicted molar refractivity (Wildman–Crippen MR) is 90.7 cm³/mol. The molecule has 132 valence electrons. The van der Waals surface area contributed by atoms with Crippen molar-refractivity contribution in [2.45, 2.75) is 25.4 Å². The van der Waals surface area contributed by atoms with E-state index >= 15 is 0 Å². The van der Waals surface area contributed by atoms with E-state index in [1.54, 1.807) is 36.3 Å². The summed E-state index contributed by atoms with van der Waals surface area (Å²) < 4.78 is 10.5. The number of furan rings is 1. The van der Waals surface area contributed by atoms with Crippen LogP contribution < -0.4 is 0 Å². The minimum atomic E-state index is -0.934. The van der Waals surface area contributed by atoms with Crippen LogP contribution in [0.25, 0.3) is 0 Å². The van der Waals surface area contributed by atoms with Crippen LogP contribution in [0.5, 0.6) is 0 Å². The molecule has 2 heterocycles. The Morgan fingerprint density at radius 1 is 1.24 bits per heavy atom. The van der Waals surface area contributed by atoms with Gasteiger partial charge in [0.2, 0.25) is 0 Å². The van der Waals surface area contributed by atoms with E-state index in [4.69, 9.17) is 14.3 Å². The molecule has 3 rings (SSSR count). The van der Waals surface area contributed by atoms with Gasteiger partial charge in [-0.1, -0.05) is 12.1 Å². The normalized spacial score (nSPS) is 17.5. The number of amides is 1. The van der Waals surface area contributed by atoms with Crippen LogP contribution >= 0.6 is 0 Å². The summed E-state index contributed by atoms with van der Waals surface area (Å²) >= 11 is 0. The molecular weight excluding hydrogens is 322 g/mol. The van der Waals surface area contributed by atoms with Gasteiger partial charge in [-0.05, 0) is 42.7 Å². The Kier molecular flexibility index (Phi) is 5.19. The Morgan fingerprint density at radius 3 is 2.68 bits per heavy atom. The Labute approximate surface area is 146 Å². The first-order chi connectivity index (χ1) is 12.1. The van der Waals surface area contributed by atoms with Gasteiger partial charge in [-0.15, -0.1) is 0 Å². The number of carbonyl (C=O) groups excluding carboxylic acids is 1. The lowest BCUT2D eigenvalue weighted by atomic mass is 9.90. The van der Waals surface area contributed by atoms with Crippen molar-refractivity contribution < 1.29 is 23.8 Å². The predicted octanol–water partition coefficient (Wildman–Crippen LogP) is 3.14. The largest absolute Gasteiger partial charge is 0.478 e. The van der Waals surface area contributed by atoms with Crippen LogP contribution in [-0.4, -0.2) is 42.1 Å². The highest BCUT2D eigenvalue weighted by atomic mass is 16.5. The van der Waals surface area contributed by atoms with E-state index in [0.29, 0.717) is 31.2 Å². The maximum atomic E-state index is 12.7. The smallest absolute Gasteiger partial charge is 0.335 e. The van der Waals surface area contributed by atoms with Gasteiger partial charge in [0.1, 0.15) is 12.4 Å². The zero-order chi connectivity index (χ0) is 17.8. The number of aromatic carboxylic acids is 1. The molecule has 0 saturated carbocycles. The Balaban J connectivity index is 1.69. The molecule has 1 fully saturated rings. The number of piperidine rings is 1. The second-order valence-corrected chi connectivity index (χ2v) is 6.22. The third kappa shape index (κ3) is 3.91. The molecule has 1 aromatic carbocycles. The highest BCUT2D eigenvalue weighted by molar-refractivity contribution is 5.91. The molecule has 1 aromatic heterocycles. The minimum Gasteiger partial charge on any atom is -0.478 e. The van der Waals surface area contributed by atoms with Crippen LogP contribution in [0.1, 0.15) is 51.0 Å². The molecule has 0 radical (unpaired) electrons. The van der Waals surface area contributed by atoms with E-state index in [2.05, 4.69) is 0 Å². The molecule has 0 unspecified atom stereocenters. The number of nitrogens with zero attached hydrogens (tertiary/aromatic N) is 1. The fourth-order valence-corrected chi connectivity index (χ4v) is 3.20. The molecule has 6 nitrogen and oxygen atoms in total. The average molecular weight is 343 g/mol. The summed E-state index contributed by atoms with van der Waals surface area (Å²) in [4.78, 5) is 25.4. The molecule has 1 atom stereocenters. The van der Waals surface area contributed by atoms with E-state index < -0.39 is 5.97 Å². The van der Waals surface area contributed by atoms with Crippen LogP contribution in [0.4, 0.5) is 0 Å². The van der Waals surface area contributed by atoms with E-state index in [-0.39, 0.29) is 17.4 Å². The first-order valence-corrected chi connectivity index (χ1v) is 8.28. The number of carboxylic acid groups (broad SMARTS) is 1. The number of benzene rings is 1. The van der Waals surface area contributed by atoms with E-state index in [9.17, 15) is 9.59 Å². The molecule has 0 aliphatic carbocycles. The first-order valence-electron chi connectivity index (χ1n) is 8.28. The molecule has 1 N–H and O–H groups in total. The number of rotatable bonds is 5. The molecule has 2 aromatic rings. The van der Waals surface area contributed by atoms with Crippen molar-refractivity contribution >= 4 is 11.9 Å². The van der Waals surface area contributed by atoms with Gasteiger partial charge in [0.05, 0.1) is 5.56 Å². The zero-order valence-electron chi connectivity index (χ0n) is 14.1. The van der Waals surface area contributed by atoms with Crippen LogP contribution in [0.3, 0.4) is 0 Å². The highest BCUT2D eigenvalue weighted by Crippen LogP contribution is 2.28. The fraction of sp³-hybridized carbons (Fsp3) is 0.368. The molecule has 1 amide bonds. The summed E-state index contributed by atoms with van der Waals surface area (Å²) in [6.07, 6.45) is 1.88. The molecule has 1 aliphatic rings. The molecule has 1 aliphatic heterocycles. The topological polar surface area (TPSA) is 80.0 Å². The lowest BCUT2D eigenvalue weighted by molar-refractivity contribution is 0.0666. The van der Waals surface area contributed by atoms with Crippen molar-refractivity contribution in [3.8, 4) is 0 Å². The van der Waals surface area contributed by atoms with Gasteiger partial charge in [0.25, 0.3) is 5.91 Å².